The molecular formula is C18H16N2O5S. The van der Waals surface area contributed by atoms with Crippen molar-refractivity contribution in [2.24, 2.45) is 0 Å². The Hall–Kier alpha value is -3.00. The van der Waals surface area contributed by atoms with Gasteiger partial charge in [0.2, 0.25) is 0 Å². The topological polar surface area (TPSA) is 95.9 Å². The highest BCUT2D eigenvalue weighted by atomic mass is 32.2. The van der Waals surface area contributed by atoms with Gasteiger partial charge in [0.05, 0.1) is 19.2 Å². The number of carbonyl (C=O) groups is 3. The van der Waals surface area contributed by atoms with E-state index in [1.807, 2.05) is 0 Å². The van der Waals surface area contributed by atoms with Gasteiger partial charge in [0, 0.05) is 5.69 Å². The highest BCUT2D eigenvalue weighted by Crippen LogP contribution is 2.30. The summed E-state index contributed by atoms with van der Waals surface area (Å²) in [6.07, 6.45) is 0. The predicted molar refractivity (Wildman–Crippen MR) is 97.3 cm³/mol. The van der Waals surface area contributed by atoms with Crippen molar-refractivity contribution >= 4 is 34.6 Å². The minimum Gasteiger partial charge on any atom is -0.497 e. The molecule has 0 saturated carbocycles. The van der Waals surface area contributed by atoms with E-state index in [1.165, 1.54) is 12.1 Å². The van der Waals surface area contributed by atoms with Crippen LogP contribution in [-0.4, -0.2) is 39.6 Å². The van der Waals surface area contributed by atoms with Gasteiger partial charge in [-0.15, -0.1) is 0 Å². The second kappa shape index (κ2) is 7.49. The first-order valence-corrected chi connectivity index (χ1v) is 8.60. The van der Waals surface area contributed by atoms with Gasteiger partial charge in [-0.2, -0.15) is 0 Å². The normalized spacial score (nSPS) is 16.7. The van der Waals surface area contributed by atoms with Crippen molar-refractivity contribution in [3.8, 4) is 5.75 Å². The highest BCUT2D eigenvalue weighted by Gasteiger charge is 2.39. The van der Waals surface area contributed by atoms with Crippen molar-refractivity contribution in [3.63, 3.8) is 0 Å². The molecule has 8 heteroatoms. The number of methoxy groups -OCH3 is 1. The molecule has 1 fully saturated rings. The van der Waals surface area contributed by atoms with Crippen molar-refractivity contribution in [1.29, 1.82) is 0 Å². The van der Waals surface area contributed by atoms with E-state index in [0.29, 0.717) is 17.0 Å². The average Bonchev–Trinajstić information content (AvgIpc) is 2.90. The van der Waals surface area contributed by atoms with Crippen LogP contribution in [0.25, 0.3) is 0 Å². The van der Waals surface area contributed by atoms with Crippen molar-refractivity contribution in [1.82, 2.24) is 4.90 Å². The Balaban J connectivity index is 1.67. The van der Waals surface area contributed by atoms with Crippen LogP contribution in [0.2, 0.25) is 0 Å². The quantitative estimate of drug-likeness (QED) is 0.804. The Bertz CT molecular complexity index is 836. The monoisotopic (exact) mass is 372 g/mol. The standard InChI is InChI=1S/C18H16N2O5S/c1-25-14-8-6-13(7-9-14)19-15-16(21)20(18(24)26-15)10-11-2-4-12(5-3-11)17(22)23/h2-9,15,19H,10H2,1H3,(H,22,23)/t15-/m0/s1. The van der Waals surface area contributed by atoms with Gasteiger partial charge in [0.1, 0.15) is 5.75 Å². The Kier molecular flexibility index (Phi) is 5.13. The molecule has 1 aliphatic heterocycles. The molecule has 2 aromatic carbocycles. The predicted octanol–water partition coefficient (Wildman–Crippen LogP) is 3.03. The fourth-order valence-corrected chi connectivity index (χ4v) is 3.36. The number of carbonyl (C=O) groups excluding carboxylic acids is 2. The number of carboxylic acid groups (broad SMARTS) is 1. The van der Waals surface area contributed by atoms with E-state index < -0.39 is 11.3 Å². The first-order chi connectivity index (χ1) is 12.5. The first-order valence-electron chi connectivity index (χ1n) is 7.73. The van der Waals surface area contributed by atoms with E-state index in [2.05, 4.69) is 5.32 Å². The molecule has 26 heavy (non-hydrogen) atoms. The lowest BCUT2D eigenvalue weighted by atomic mass is 10.1. The Morgan fingerprint density at radius 2 is 1.81 bits per heavy atom. The summed E-state index contributed by atoms with van der Waals surface area (Å²) in [6.45, 7) is 0.103. The summed E-state index contributed by atoms with van der Waals surface area (Å²) in [4.78, 5) is 36.7. The molecule has 2 aromatic rings. The van der Waals surface area contributed by atoms with E-state index in [-0.39, 0.29) is 23.3 Å². The molecule has 0 radical (unpaired) electrons. The van der Waals surface area contributed by atoms with Crippen molar-refractivity contribution in [2.45, 2.75) is 11.9 Å². The second-order valence-corrected chi connectivity index (χ2v) is 6.62. The third-order valence-electron chi connectivity index (χ3n) is 3.86. The molecule has 7 nitrogen and oxygen atoms in total. The molecule has 1 saturated heterocycles. The van der Waals surface area contributed by atoms with Crippen LogP contribution in [0, 0.1) is 0 Å². The zero-order valence-corrected chi connectivity index (χ0v) is 14.7. The lowest BCUT2D eigenvalue weighted by molar-refractivity contribution is -0.126. The number of ether oxygens (including phenoxy) is 1. The van der Waals surface area contributed by atoms with Crippen LogP contribution in [0.1, 0.15) is 15.9 Å². The van der Waals surface area contributed by atoms with E-state index in [0.717, 1.165) is 16.7 Å². The van der Waals surface area contributed by atoms with Gasteiger partial charge in [0.25, 0.3) is 11.1 Å². The van der Waals surface area contributed by atoms with Gasteiger partial charge < -0.3 is 15.2 Å². The number of benzene rings is 2. The zero-order chi connectivity index (χ0) is 18.7. The minimum absolute atomic E-state index is 0.103. The molecule has 0 spiro atoms. The first kappa shape index (κ1) is 17.8. The van der Waals surface area contributed by atoms with E-state index >= 15 is 0 Å². The number of anilines is 1. The van der Waals surface area contributed by atoms with Gasteiger partial charge in [0.15, 0.2) is 5.37 Å². The van der Waals surface area contributed by atoms with Gasteiger partial charge in [-0.05, 0) is 53.7 Å². The van der Waals surface area contributed by atoms with Crippen LogP contribution in [0.5, 0.6) is 5.75 Å². The smallest absolute Gasteiger partial charge is 0.335 e. The number of hydrogen-bond acceptors (Lipinski definition) is 6. The number of amides is 2. The largest absolute Gasteiger partial charge is 0.497 e. The summed E-state index contributed by atoms with van der Waals surface area (Å²) >= 11 is 0.915. The summed E-state index contributed by atoms with van der Waals surface area (Å²) < 4.78 is 5.08. The highest BCUT2D eigenvalue weighted by molar-refractivity contribution is 8.15. The molecular weight excluding hydrogens is 356 g/mol. The Morgan fingerprint density at radius 3 is 2.38 bits per heavy atom. The maximum Gasteiger partial charge on any atom is 0.335 e. The van der Waals surface area contributed by atoms with Crippen LogP contribution in [0.15, 0.2) is 48.5 Å². The van der Waals surface area contributed by atoms with Crippen LogP contribution in [0.3, 0.4) is 0 Å². The fourth-order valence-electron chi connectivity index (χ4n) is 2.45. The van der Waals surface area contributed by atoms with Crippen molar-refractivity contribution in [2.75, 3.05) is 12.4 Å². The van der Waals surface area contributed by atoms with Crippen molar-refractivity contribution in [3.05, 3.63) is 59.7 Å². The Morgan fingerprint density at radius 1 is 1.15 bits per heavy atom. The number of nitrogens with one attached hydrogen (secondary N) is 1. The van der Waals surface area contributed by atoms with Gasteiger partial charge in [-0.1, -0.05) is 12.1 Å². The molecule has 1 atom stereocenters. The van der Waals surface area contributed by atoms with Gasteiger partial charge >= 0.3 is 5.97 Å². The maximum absolute atomic E-state index is 12.5. The average molecular weight is 372 g/mol. The number of carboxylic acids is 1. The molecule has 1 heterocycles. The summed E-state index contributed by atoms with van der Waals surface area (Å²) in [5, 5.41) is 10.9. The number of rotatable bonds is 6. The van der Waals surface area contributed by atoms with Crippen LogP contribution < -0.4 is 10.1 Å². The number of nitrogens with zero attached hydrogens (tertiary/aromatic N) is 1. The summed E-state index contributed by atoms with van der Waals surface area (Å²) in [6, 6.07) is 13.1. The SMILES string of the molecule is COc1ccc(N[C@H]2SC(=O)N(Cc3ccc(C(=O)O)cc3)C2=O)cc1. The van der Waals surface area contributed by atoms with E-state index in [1.54, 1.807) is 43.5 Å². The third kappa shape index (κ3) is 3.80. The molecule has 134 valence electrons. The number of hydrogen-bond donors (Lipinski definition) is 2. The molecule has 0 aliphatic carbocycles. The summed E-state index contributed by atoms with van der Waals surface area (Å²) in [7, 11) is 1.57. The molecule has 2 N–H and O–H groups in total. The minimum atomic E-state index is -1.02. The second-order valence-electron chi connectivity index (χ2n) is 5.56. The maximum atomic E-state index is 12.5. The lowest BCUT2D eigenvalue weighted by Gasteiger charge is -2.15. The molecule has 0 aromatic heterocycles. The number of imide groups is 1. The van der Waals surface area contributed by atoms with Crippen LogP contribution in [0.4, 0.5) is 10.5 Å². The fraction of sp³-hybridized carbons (Fsp3) is 0.167. The van der Waals surface area contributed by atoms with Crippen LogP contribution >= 0.6 is 11.8 Å². The summed E-state index contributed by atoms with van der Waals surface area (Å²) in [5.74, 6) is -0.661. The summed E-state index contributed by atoms with van der Waals surface area (Å²) in [5.41, 5.74) is 1.54. The number of aromatic carboxylic acids is 1. The molecule has 2 amide bonds. The lowest BCUT2D eigenvalue weighted by Crippen LogP contribution is -2.33. The zero-order valence-electron chi connectivity index (χ0n) is 13.8. The molecule has 1 aliphatic rings. The van der Waals surface area contributed by atoms with Gasteiger partial charge in [-0.3, -0.25) is 14.5 Å². The van der Waals surface area contributed by atoms with Gasteiger partial charge in [-0.25, -0.2) is 4.79 Å². The molecule has 3 rings (SSSR count). The van der Waals surface area contributed by atoms with Crippen molar-refractivity contribution < 1.29 is 24.2 Å². The van der Waals surface area contributed by atoms with Crippen LogP contribution in [-0.2, 0) is 11.3 Å². The van der Waals surface area contributed by atoms with E-state index in [9.17, 15) is 14.4 Å². The third-order valence-corrected chi connectivity index (χ3v) is 4.84. The molecule has 0 unspecified atom stereocenters. The number of thioether (sulfide) groups is 1. The Labute approximate surface area is 153 Å². The molecule has 0 bridgehead atoms. The van der Waals surface area contributed by atoms with E-state index in [4.69, 9.17) is 9.84 Å².